The van der Waals surface area contributed by atoms with E-state index in [1.807, 2.05) is 9.80 Å². The van der Waals surface area contributed by atoms with Crippen molar-refractivity contribution in [3.63, 3.8) is 0 Å². The number of nitrogens with zero attached hydrogens (tertiary/aromatic N) is 4. The molecule has 1 aromatic rings. The Morgan fingerprint density at radius 1 is 1.31 bits per heavy atom. The molecule has 0 aromatic carbocycles. The largest absolute Gasteiger partial charge is 0.434 e. The Kier molecular flexibility index (Phi) is 5.39. The molecule has 8 atom stereocenters. The fourth-order valence-electron chi connectivity index (χ4n) is 7.11. The molecule has 1 spiro atoms. The Labute approximate surface area is 201 Å². The molecule has 1 amide bonds. The van der Waals surface area contributed by atoms with Crippen molar-refractivity contribution < 1.29 is 27.4 Å². The summed E-state index contributed by atoms with van der Waals surface area (Å²) in [5.41, 5.74) is -1.58. The second kappa shape index (κ2) is 8.14. The van der Waals surface area contributed by atoms with Gasteiger partial charge in [0.1, 0.15) is 5.82 Å². The lowest BCUT2D eigenvalue weighted by Gasteiger charge is -2.39. The number of carbonyl (C=O) groups is 1. The average Bonchev–Trinajstić information content (AvgIpc) is 3.60. The lowest BCUT2D eigenvalue weighted by molar-refractivity contribution is -0.141. The molecule has 6 rings (SSSR count). The van der Waals surface area contributed by atoms with Crippen molar-refractivity contribution >= 4 is 11.7 Å². The summed E-state index contributed by atoms with van der Waals surface area (Å²) < 4.78 is 50.8. The maximum atomic E-state index is 13.8. The van der Waals surface area contributed by atoms with Gasteiger partial charge < -0.3 is 24.6 Å². The number of alkyl halides is 3. The van der Waals surface area contributed by atoms with Gasteiger partial charge in [0, 0.05) is 32.3 Å². The fourth-order valence-corrected chi connectivity index (χ4v) is 7.11. The lowest BCUT2D eigenvalue weighted by atomic mass is 9.73. The number of ether oxygens (including phenoxy) is 2. The number of nitrogens with one attached hydrogen (secondary N) is 1. The normalized spacial score (nSPS) is 40.4. The summed E-state index contributed by atoms with van der Waals surface area (Å²) in [6, 6.07) is 0.0757. The third kappa shape index (κ3) is 3.49. The van der Waals surface area contributed by atoms with Gasteiger partial charge in [-0.2, -0.15) is 13.2 Å². The van der Waals surface area contributed by atoms with Gasteiger partial charge in [-0.05, 0) is 25.2 Å². The van der Waals surface area contributed by atoms with E-state index in [1.54, 1.807) is 7.11 Å². The number of amides is 1. The van der Waals surface area contributed by atoms with Crippen molar-refractivity contribution in [2.24, 2.45) is 11.3 Å². The molecular weight excluding hydrogens is 463 g/mol. The Morgan fingerprint density at radius 2 is 2.14 bits per heavy atom. The molecule has 190 valence electrons. The zero-order chi connectivity index (χ0) is 24.5. The number of fused-ring (bicyclic) bond motifs is 5. The summed E-state index contributed by atoms with van der Waals surface area (Å²) in [7, 11) is 1.69. The first-order valence-corrected chi connectivity index (χ1v) is 12.3. The molecule has 4 aliphatic heterocycles. The summed E-state index contributed by atoms with van der Waals surface area (Å²) in [5, 5.41) is 3.67. The maximum absolute atomic E-state index is 13.8. The molecule has 35 heavy (non-hydrogen) atoms. The van der Waals surface area contributed by atoms with Crippen LogP contribution in [0.2, 0.25) is 0 Å². The number of hydrogen-bond donors (Lipinski definition) is 1. The van der Waals surface area contributed by atoms with E-state index in [0.717, 1.165) is 19.0 Å². The summed E-state index contributed by atoms with van der Waals surface area (Å²) in [4.78, 5) is 25.4. The molecule has 5 aliphatic rings. The molecule has 5 heterocycles. The number of aromatic nitrogens is 2. The molecule has 4 fully saturated rings. The van der Waals surface area contributed by atoms with Gasteiger partial charge in [0.05, 0.1) is 48.6 Å². The molecule has 1 aromatic heterocycles. The zero-order valence-corrected chi connectivity index (χ0v) is 19.7. The minimum absolute atomic E-state index is 0.0218. The minimum Gasteiger partial charge on any atom is -0.379 e. The number of rotatable bonds is 4. The number of piperazine rings is 1. The number of anilines is 1. The highest BCUT2D eigenvalue weighted by Gasteiger charge is 2.67. The number of halogens is 3. The molecule has 8 nitrogen and oxygen atoms in total. The van der Waals surface area contributed by atoms with E-state index >= 15 is 0 Å². The van der Waals surface area contributed by atoms with Crippen LogP contribution in [0.3, 0.4) is 0 Å². The van der Waals surface area contributed by atoms with E-state index in [-0.39, 0.29) is 54.0 Å². The van der Waals surface area contributed by atoms with Crippen molar-refractivity contribution in [1.82, 2.24) is 20.2 Å². The Bertz CT molecular complexity index is 1040. The Balaban J connectivity index is 1.21. The second-order valence-corrected chi connectivity index (χ2v) is 10.5. The van der Waals surface area contributed by atoms with E-state index in [0.29, 0.717) is 26.2 Å². The highest BCUT2D eigenvalue weighted by atomic mass is 19.4. The predicted octanol–water partition coefficient (Wildman–Crippen LogP) is 2.01. The smallest absolute Gasteiger partial charge is 0.379 e. The van der Waals surface area contributed by atoms with Gasteiger partial charge in [0.2, 0.25) is 5.91 Å². The molecule has 0 saturated carbocycles. The predicted molar refractivity (Wildman–Crippen MR) is 120 cm³/mol. The monoisotopic (exact) mass is 493 g/mol. The van der Waals surface area contributed by atoms with Crippen LogP contribution in [0.15, 0.2) is 24.5 Å². The van der Waals surface area contributed by atoms with E-state index < -0.39 is 17.3 Å². The molecule has 2 unspecified atom stereocenters. The molecule has 4 saturated heterocycles. The van der Waals surface area contributed by atoms with Crippen LogP contribution >= 0.6 is 0 Å². The van der Waals surface area contributed by atoms with Gasteiger partial charge in [-0.1, -0.05) is 19.1 Å². The van der Waals surface area contributed by atoms with Crippen LogP contribution in [-0.2, 0) is 20.4 Å². The summed E-state index contributed by atoms with van der Waals surface area (Å²) in [5.74, 6) is 0.412. The van der Waals surface area contributed by atoms with E-state index in [4.69, 9.17) is 9.47 Å². The van der Waals surface area contributed by atoms with E-state index in [9.17, 15) is 18.0 Å². The van der Waals surface area contributed by atoms with Crippen LogP contribution in [-0.4, -0.2) is 84.0 Å². The van der Waals surface area contributed by atoms with Crippen LogP contribution < -0.4 is 10.2 Å². The van der Waals surface area contributed by atoms with Crippen LogP contribution in [0, 0.1) is 11.3 Å². The van der Waals surface area contributed by atoms with Gasteiger partial charge in [0.15, 0.2) is 5.69 Å². The first-order valence-electron chi connectivity index (χ1n) is 12.3. The standard InChI is InChI=1S/C24H30F3N5O3/c1-13-21-17-7-15(11-31(17)20-10-28-9-19(30-20)24(25,26)27)32(21)22(33)23(13)5-3-14(8-23)29-16-4-6-35-12-18(16)34-2/h3,5,9-10,13-18,21,29H,4,6-8,11-12H2,1-2H3/t13?,14-,15+,16+,17+,18-,21?,23+/m1/s1. The quantitative estimate of drug-likeness (QED) is 0.643. The average molecular weight is 494 g/mol. The number of carbonyl (C=O) groups excluding carboxylic acids is 1. The van der Waals surface area contributed by atoms with Gasteiger partial charge in [-0.25, -0.2) is 4.98 Å². The van der Waals surface area contributed by atoms with Crippen LogP contribution in [0.5, 0.6) is 0 Å². The minimum atomic E-state index is -4.54. The zero-order valence-electron chi connectivity index (χ0n) is 19.7. The van der Waals surface area contributed by atoms with Gasteiger partial charge in [-0.15, -0.1) is 0 Å². The SMILES string of the molecule is CO[C@@H]1COCC[C@@H]1N[C@@H]1C=C[C@@]2(C1)C(=O)N1C(C2C)[C@@H]2C[C@H]1CN2c1cncc(C(F)(F)F)n1. The molecule has 11 heteroatoms. The van der Waals surface area contributed by atoms with Crippen molar-refractivity contribution in [1.29, 1.82) is 0 Å². The molecule has 1 N–H and O–H groups in total. The summed E-state index contributed by atoms with van der Waals surface area (Å²) in [6.07, 6.45) is 4.04. The molecule has 1 aliphatic carbocycles. The number of hydrogen-bond acceptors (Lipinski definition) is 7. The van der Waals surface area contributed by atoms with Crippen molar-refractivity contribution in [2.45, 2.75) is 68.7 Å². The first kappa shape index (κ1) is 23.2. The van der Waals surface area contributed by atoms with Crippen LogP contribution in [0.1, 0.15) is 31.9 Å². The first-order chi connectivity index (χ1) is 16.7. The summed E-state index contributed by atoms with van der Waals surface area (Å²) in [6.45, 7) is 3.83. The third-order valence-corrected chi connectivity index (χ3v) is 8.81. The van der Waals surface area contributed by atoms with Gasteiger partial charge in [-0.3, -0.25) is 9.78 Å². The number of methoxy groups -OCH3 is 1. The third-order valence-electron chi connectivity index (χ3n) is 8.81. The molecule has 2 bridgehead atoms. The highest BCUT2D eigenvalue weighted by molar-refractivity contribution is 5.90. The van der Waals surface area contributed by atoms with Crippen molar-refractivity contribution in [3.05, 3.63) is 30.2 Å². The van der Waals surface area contributed by atoms with Crippen molar-refractivity contribution in [2.75, 3.05) is 31.8 Å². The highest BCUT2D eigenvalue weighted by Crippen LogP contribution is 2.56. The van der Waals surface area contributed by atoms with Crippen LogP contribution in [0.4, 0.5) is 19.0 Å². The fraction of sp³-hybridized carbons (Fsp3) is 0.708. The molecule has 0 radical (unpaired) electrons. The van der Waals surface area contributed by atoms with Gasteiger partial charge in [0.25, 0.3) is 0 Å². The summed E-state index contributed by atoms with van der Waals surface area (Å²) >= 11 is 0. The topological polar surface area (TPSA) is 79.8 Å². The van der Waals surface area contributed by atoms with Crippen molar-refractivity contribution in [3.8, 4) is 0 Å². The Morgan fingerprint density at radius 3 is 2.91 bits per heavy atom. The maximum Gasteiger partial charge on any atom is 0.434 e. The molecular formula is C24H30F3N5O3. The van der Waals surface area contributed by atoms with E-state index in [2.05, 4.69) is 34.4 Å². The second-order valence-electron chi connectivity index (χ2n) is 10.5. The van der Waals surface area contributed by atoms with Gasteiger partial charge >= 0.3 is 6.18 Å². The van der Waals surface area contributed by atoms with E-state index in [1.165, 1.54) is 6.20 Å². The van der Waals surface area contributed by atoms with Crippen LogP contribution in [0.25, 0.3) is 0 Å². The lowest BCUT2D eigenvalue weighted by Crippen LogP contribution is -2.53. The Hall–Kier alpha value is -2.24.